The molecule has 0 spiro atoms. The fraction of sp³-hybridized carbons (Fsp3) is 0.0714. The summed E-state index contributed by atoms with van der Waals surface area (Å²) in [6, 6.07) is 25.9. The summed E-state index contributed by atoms with van der Waals surface area (Å²) >= 11 is 6.12. The van der Waals surface area contributed by atoms with E-state index in [4.69, 9.17) is 11.6 Å². The monoisotopic (exact) mass is 488 g/mol. The van der Waals surface area contributed by atoms with Gasteiger partial charge < -0.3 is 0 Å². The van der Waals surface area contributed by atoms with Crippen molar-refractivity contribution in [1.82, 2.24) is 0 Å². The first-order chi connectivity index (χ1) is 16.1. The Labute approximate surface area is 203 Å². The fourth-order valence-corrected chi connectivity index (χ4v) is 4.82. The first-order valence-corrected chi connectivity index (χ1v) is 12.8. The highest BCUT2D eigenvalue weighted by Crippen LogP contribution is 2.36. The van der Waals surface area contributed by atoms with E-state index in [2.05, 4.69) is 0 Å². The molecule has 0 atom stereocenters. The van der Waals surface area contributed by atoms with Crippen LogP contribution in [0.4, 0.5) is 0 Å². The van der Waals surface area contributed by atoms with E-state index in [0.717, 1.165) is 22.9 Å². The summed E-state index contributed by atoms with van der Waals surface area (Å²) < 4.78 is 23.8. The van der Waals surface area contributed by atoms with Crippen LogP contribution in [0.25, 0.3) is 22.3 Å². The van der Waals surface area contributed by atoms with E-state index in [0.29, 0.717) is 16.1 Å². The number of carbonyl (C=O) groups excluding carboxylic acids is 2. The predicted molar refractivity (Wildman–Crippen MR) is 135 cm³/mol. The molecule has 0 heterocycles. The molecule has 0 fully saturated rings. The third-order valence-corrected chi connectivity index (χ3v) is 6.82. The highest BCUT2D eigenvalue weighted by molar-refractivity contribution is 7.90. The summed E-state index contributed by atoms with van der Waals surface area (Å²) in [5, 5.41) is 0.388. The van der Waals surface area contributed by atoms with Gasteiger partial charge >= 0.3 is 0 Å². The molecule has 4 nitrogen and oxygen atoms in total. The van der Waals surface area contributed by atoms with Crippen LogP contribution in [-0.2, 0) is 9.84 Å². The zero-order chi connectivity index (χ0) is 24.5. The highest BCUT2D eigenvalue weighted by Gasteiger charge is 2.24. The van der Waals surface area contributed by atoms with Gasteiger partial charge in [-0.25, -0.2) is 8.42 Å². The quantitative estimate of drug-likeness (QED) is 0.231. The molecule has 4 aromatic rings. The average Bonchev–Trinajstić information content (AvgIpc) is 2.82. The molecule has 34 heavy (non-hydrogen) atoms. The van der Waals surface area contributed by atoms with Crippen molar-refractivity contribution in [3.8, 4) is 22.3 Å². The summed E-state index contributed by atoms with van der Waals surface area (Å²) in [5.74, 6) is -1.29. The van der Waals surface area contributed by atoms with E-state index >= 15 is 0 Å². The lowest BCUT2D eigenvalue weighted by molar-refractivity contribution is 0.0817. The zero-order valence-electron chi connectivity index (χ0n) is 18.6. The van der Waals surface area contributed by atoms with Gasteiger partial charge in [-0.05, 0) is 59.5 Å². The second-order valence-corrected chi connectivity index (χ2v) is 10.5. The number of rotatable bonds is 6. The van der Waals surface area contributed by atoms with E-state index in [-0.39, 0.29) is 16.0 Å². The Morgan fingerprint density at radius 2 is 1.41 bits per heavy atom. The van der Waals surface area contributed by atoms with Crippen molar-refractivity contribution in [1.29, 1.82) is 0 Å². The molecule has 0 saturated heterocycles. The molecule has 0 aliphatic rings. The number of Topliss-reactive ketones (excluding diaryl/α,β-unsaturated/α-hetero) is 2. The fourth-order valence-electron chi connectivity index (χ4n) is 3.90. The van der Waals surface area contributed by atoms with E-state index in [1.165, 1.54) is 18.2 Å². The third-order valence-electron chi connectivity index (χ3n) is 5.48. The van der Waals surface area contributed by atoms with Crippen molar-refractivity contribution in [3.63, 3.8) is 0 Å². The predicted octanol–water partition coefficient (Wildman–Crippen LogP) is 6.45. The largest absolute Gasteiger partial charge is 0.285 e. The number of ketones is 2. The van der Waals surface area contributed by atoms with Crippen molar-refractivity contribution in [3.05, 3.63) is 113 Å². The van der Waals surface area contributed by atoms with Crippen LogP contribution in [-0.4, -0.2) is 26.2 Å². The van der Waals surface area contributed by atoms with Gasteiger partial charge in [-0.15, -0.1) is 0 Å². The molecule has 170 valence electrons. The van der Waals surface area contributed by atoms with Gasteiger partial charge in [-0.1, -0.05) is 72.3 Å². The van der Waals surface area contributed by atoms with Gasteiger partial charge in [0.25, 0.3) is 0 Å². The zero-order valence-corrected chi connectivity index (χ0v) is 20.2. The Morgan fingerprint density at radius 1 is 0.735 bits per heavy atom. The van der Waals surface area contributed by atoms with E-state index in [1.54, 1.807) is 36.4 Å². The highest BCUT2D eigenvalue weighted by atomic mass is 35.5. The Bertz CT molecular complexity index is 1490. The van der Waals surface area contributed by atoms with Crippen LogP contribution < -0.4 is 0 Å². The summed E-state index contributed by atoms with van der Waals surface area (Å²) in [6.07, 6.45) is 1.15. The van der Waals surface area contributed by atoms with E-state index < -0.39 is 21.4 Å². The molecular weight excluding hydrogens is 468 g/mol. The lowest BCUT2D eigenvalue weighted by Crippen LogP contribution is -2.16. The van der Waals surface area contributed by atoms with Crippen LogP contribution in [0.5, 0.6) is 0 Å². The van der Waals surface area contributed by atoms with Gasteiger partial charge in [0.15, 0.2) is 9.84 Å². The lowest BCUT2D eigenvalue weighted by Gasteiger charge is -2.15. The number of aryl methyl sites for hydroxylation is 1. The Balaban J connectivity index is 1.89. The number of hydrogen-bond donors (Lipinski definition) is 0. The number of benzene rings is 4. The molecule has 0 N–H and O–H groups in total. The molecule has 0 aromatic heterocycles. The standard InChI is InChI=1S/C28H21ClO4S/c1-18-15-21(17-22(29)16-18)27(30)28(31)25-10-6-9-24(26(25)20-7-4-3-5-8-20)19-11-13-23(14-12-19)34(2,32)33/h3-17H,1-2H3. The van der Waals surface area contributed by atoms with E-state index in [9.17, 15) is 18.0 Å². The number of sulfone groups is 1. The maximum Gasteiger partial charge on any atom is 0.234 e. The number of halogens is 1. The topological polar surface area (TPSA) is 68.3 Å². The molecule has 0 radical (unpaired) electrons. The Hall–Kier alpha value is -3.54. The summed E-state index contributed by atoms with van der Waals surface area (Å²) in [4.78, 5) is 26.8. The van der Waals surface area contributed by atoms with Gasteiger partial charge in [0.1, 0.15) is 0 Å². The molecule has 4 aromatic carbocycles. The molecule has 0 amide bonds. The summed E-state index contributed by atoms with van der Waals surface area (Å²) in [5.41, 5.74) is 4.09. The molecule has 0 unspecified atom stereocenters. The molecule has 0 aliphatic carbocycles. The lowest BCUT2D eigenvalue weighted by atomic mass is 9.87. The van der Waals surface area contributed by atoms with Gasteiger partial charge in [-0.2, -0.15) is 0 Å². The van der Waals surface area contributed by atoms with Gasteiger partial charge in [0.05, 0.1) is 4.90 Å². The van der Waals surface area contributed by atoms with Crippen molar-refractivity contribution < 1.29 is 18.0 Å². The van der Waals surface area contributed by atoms with Crippen LogP contribution in [0.15, 0.2) is 95.9 Å². The second-order valence-electron chi connectivity index (χ2n) is 8.07. The minimum absolute atomic E-state index is 0.205. The number of hydrogen-bond acceptors (Lipinski definition) is 4. The van der Waals surface area contributed by atoms with Crippen LogP contribution in [0, 0.1) is 6.92 Å². The Morgan fingerprint density at radius 3 is 2.03 bits per heavy atom. The smallest absolute Gasteiger partial charge is 0.234 e. The Kier molecular flexibility index (Phi) is 6.51. The molecule has 0 aliphatic heterocycles. The van der Waals surface area contributed by atoms with Crippen molar-refractivity contribution >= 4 is 33.0 Å². The van der Waals surface area contributed by atoms with Crippen molar-refractivity contribution in [2.75, 3.05) is 6.26 Å². The first kappa shape index (κ1) is 23.6. The van der Waals surface area contributed by atoms with Crippen LogP contribution in [0.2, 0.25) is 5.02 Å². The maximum atomic E-state index is 13.5. The second kappa shape index (κ2) is 9.37. The summed E-state index contributed by atoms with van der Waals surface area (Å²) in [7, 11) is -3.34. The minimum atomic E-state index is -3.34. The number of carbonyl (C=O) groups is 2. The summed E-state index contributed by atoms with van der Waals surface area (Å²) in [6.45, 7) is 1.81. The molecule has 6 heteroatoms. The third kappa shape index (κ3) is 4.86. The van der Waals surface area contributed by atoms with Gasteiger partial charge in [0.2, 0.25) is 11.6 Å². The van der Waals surface area contributed by atoms with Gasteiger partial charge in [-0.3, -0.25) is 9.59 Å². The van der Waals surface area contributed by atoms with Crippen LogP contribution >= 0.6 is 11.6 Å². The van der Waals surface area contributed by atoms with Crippen molar-refractivity contribution in [2.24, 2.45) is 0 Å². The van der Waals surface area contributed by atoms with Crippen LogP contribution in [0.3, 0.4) is 0 Å². The van der Waals surface area contributed by atoms with Crippen LogP contribution in [0.1, 0.15) is 26.3 Å². The molecular formula is C28H21ClO4S. The van der Waals surface area contributed by atoms with E-state index in [1.807, 2.05) is 43.3 Å². The minimum Gasteiger partial charge on any atom is -0.285 e. The first-order valence-electron chi connectivity index (χ1n) is 10.5. The molecule has 4 rings (SSSR count). The SMILES string of the molecule is Cc1cc(Cl)cc(C(=O)C(=O)c2cccc(-c3ccc(S(C)(=O)=O)cc3)c2-c2ccccc2)c1. The molecule has 0 bridgehead atoms. The maximum absolute atomic E-state index is 13.5. The average molecular weight is 489 g/mol. The van der Waals surface area contributed by atoms with Crippen molar-refractivity contribution in [2.45, 2.75) is 11.8 Å². The van der Waals surface area contributed by atoms with Gasteiger partial charge in [0, 0.05) is 28.0 Å². The normalized spacial score (nSPS) is 11.3. The molecule has 0 saturated carbocycles.